The van der Waals surface area contributed by atoms with E-state index in [1.54, 1.807) is 12.1 Å². The van der Waals surface area contributed by atoms with E-state index in [1.165, 1.54) is 6.07 Å². The van der Waals surface area contributed by atoms with Crippen LogP contribution in [0.3, 0.4) is 0 Å². The van der Waals surface area contributed by atoms with Gasteiger partial charge in [-0.3, -0.25) is 4.98 Å². The third kappa shape index (κ3) is 3.37. The van der Waals surface area contributed by atoms with Crippen LogP contribution in [0.1, 0.15) is 29.8 Å². The van der Waals surface area contributed by atoms with Crippen LogP contribution in [0.5, 0.6) is 0 Å². The van der Waals surface area contributed by atoms with Crippen LogP contribution in [0.25, 0.3) is 0 Å². The molecule has 0 saturated heterocycles. The van der Waals surface area contributed by atoms with Crippen LogP contribution >= 0.6 is 0 Å². The van der Waals surface area contributed by atoms with Gasteiger partial charge in [-0.05, 0) is 43.2 Å². The molecule has 1 N–H and O–H groups in total. The quantitative estimate of drug-likeness (QED) is 0.891. The van der Waals surface area contributed by atoms with Crippen molar-refractivity contribution in [1.82, 2.24) is 10.3 Å². The summed E-state index contributed by atoms with van der Waals surface area (Å²) < 4.78 is 13.1. The molecule has 3 heteroatoms. The Morgan fingerprint density at radius 1 is 1.28 bits per heavy atom. The van der Waals surface area contributed by atoms with Crippen LogP contribution < -0.4 is 5.32 Å². The summed E-state index contributed by atoms with van der Waals surface area (Å²) in [6, 6.07) is 10.8. The first-order valence-corrected chi connectivity index (χ1v) is 6.05. The first kappa shape index (κ1) is 12.7. The van der Waals surface area contributed by atoms with E-state index in [9.17, 15) is 4.39 Å². The predicted octanol–water partition coefficient (Wildman–Crippen LogP) is 3.38. The molecule has 0 spiro atoms. The Kier molecular flexibility index (Phi) is 4.05. The molecule has 1 aromatic carbocycles. The van der Waals surface area contributed by atoms with Gasteiger partial charge in [0.15, 0.2) is 0 Å². The number of hydrogen-bond acceptors (Lipinski definition) is 2. The topological polar surface area (TPSA) is 24.9 Å². The fraction of sp³-hybridized carbons (Fsp3) is 0.267. The molecule has 0 aliphatic rings. The molecule has 1 aromatic heterocycles. The Balaban J connectivity index is 1.96. The summed E-state index contributed by atoms with van der Waals surface area (Å²) >= 11 is 0. The summed E-state index contributed by atoms with van der Waals surface area (Å²) in [7, 11) is 0. The van der Waals surface area contributed by atoms with Gasteiger partial charge in [-0.15, -0.1) is 0 Å². The van der Waals surface area contributed by atoms with Crippen molar-refractivity contribution in [1.29, 1.82) is 0 Å². The highest BCUT2D eigenvalue weighted by Gasteiger charge is 2.05. The predicted molar refractivity (Wildman–Crippen MR) is 70.6 cm³/mol. The highest BCUT2D eigenvalue weighted by atomic mass is 19.1. The van der Waals surface area contributed by atoms with Gasteiger partial charge < -0.3 is 5.32 Å². The van der Waals surface area contributed by atoms with Gasteiger partial charge >= 0.3 is 0 Å². The lowest BCUT2D eigenvalue weighted by molar-refractivity contribution is 0.559. The molecule has 94 valence electrons. The van der Waals surface area contributed by atoms with Crippen molar-refractivity contribution in [3.63, 3.8) is 0 Å². The number of aryl methyl sites for hydroxylation is 1. The van der Waals surface area contributed by atoms with E-state index in [0.29, 0.717) is 6.54 Å². The second kappa shape index (κ2) is 5.74. The number of aromatic nitrogens is 1. The number of hydrogen-bond donors (Lipinski definition) is 1. The lowest BCUT2D eigenvalue weighted by atomic mass is 10.1. The van der Waals surface area contributed by atoms with E-state index in [4.69, 9.17) is 0 Å². The van der Waals surface area contributed by atoms with E-state index in [2.05, 4.69) is 10.3 Å². The monoisotopic (exact) mass is 244 g/mol. The molecular weight excluding hydrogens is 227 g/mol. The summed E-state index contributed by atoms with van der Waals surface area (Å²) in [5, 5.41) is 3.33. The molecule has 0 fully saturated rings. The molecule has 0 unspecified atom stereocenters. The van der Waals surface area contributed by atoms with Crippen LogP contribution in [0.15, 0.2) is 42.6 Å². The highest BCUT2D eigenvalue weighted by Crippen LogP contribution is 2.13. The Labute approximate surface area is 107 Å². The van der Waals surface area contributed by atoms with Gasteiger partial charge in [-0.2, -0.15) is 0 Å². The normalized spacial score (nSPS) is 12.4. The number of nitrogens with one attached hydrogen (secondary N) is 1. The van der Waals surface area contributed by atoms with E-state index >= 15 is 0 Å². The zero-order valence-corrected chi connectivity index (χ0v) is 10.7. The second-order valence-electron chi connectivity index (χ2n) is 4.48. The maximum absolute atomic E-state index is 13.1. The molecule has 1 heterocycles. The van der Waals surface area contributed by atoms with Crippen LogP contribution in [-0.4, -0.2) is 4.98 Å². The molecular formula is C15H17FN2. The Bertz CT molecular complexity index is 508. The van der Waals surface area contributed by atoms with E-state index in [1.807, 2.05) is 38.2 Å². The van der Waals surface area contributed by atoms with Crippen LogP contribution in [-0.2, 0) is 6.54 Å². The zero-order valence-electron chi connectivity index (χ0n) is 10.7. The first-order valence-electron chi connectivity index (χ1n) is 6.05. The fourth-order valence-electron chi connectivity index (χ4n) is 1.75. The van der Waals surface area contributed by atoms with Crippen molar-refractivity contribution in [3.05, 3.63) is 65.2 Å². The standard InChI is InChI=1S/C15H17FN2/c1-11-6-7-15(18-9-11)10-17-12(2)13-4-3-5-14(16)8-13/h3-9,12,17H,10H2,1-2H3/t12-/m1/s1. The summed E-state index contributed by atoms with van der Waals surface area (Å²) in [5.41, 5.74) is 3.09. The average molecular weight is 244 g/mol. The molecule has 2 aromatic rings. The smallest absolute Gasteiger partial charge is 0.123 e. The van der Waals surface area contributed by atoms with Crippen molar-refractivity contribution in [3.8, 4) is 0 Å². The van der Waals surface area contributed by atoms with E-state index in [-0.39, 0.29) is 11.9 Å². The Morgan fingerprint density at radius 2 is 2.11 bits per heavy atom. The van der Waals surface area contributed by atoms with Gasteiger partial charge in [-0.1, -0.05) is 18.2 Å². The minimum Gasteiger partial charge on any atom is -0.305 e. The Morgan fingerprint density at radius 3 is 2.78 bits per heavy atom. The summed E-state index contributed by atoms with van der Waals surface area (Å²) in [4.78, 5) is 4.32. The largest absolute Gasteiger partial charge is 0.305 e. The maximum Gasteiger partial charge on any atom is 0.123 e. The van der Waals surface area contributed by atoms with Gasteiger partial charge in [0.25, 0.3) is 0 Å². The molecule has 0 amide bonds. The van der Waals surface area contributed by atoms with Crippen molar-refractivity contribution in [2.24, 2.45) is 0 Å². The highest BCUT2D eigenvalue weighted by molar-refractivity contribution is 5.20. The molecule has 1 atom stereocenters. The Hall–Kier alpha value is -1.74. The fourth-order valence-corrected chi connectivity index (χ4v) is 1.75. The number of pyridine rings is 1. The van der Waals surface area contributed by atoms with Gasteiger partial charge in [0.2, 0.25) is 0 Å². The molecule has 18 heavy (non-hydrogen) atoms. The van der Waals surface area contributed by atoms with Crippen molar-refractivity contribution >= 4 is 0 Å². The van der Waals surface area contributed by atoms with Crippen LogP contribution in [0.2, 0.25) is 0 Å². The number of halogens is 1. The molecule has 0 radical (unpaired) electrons. The molecule has 0 saturated carbocycles. The summed E-state index contributed by atoms with van der Waals surface area (Å²) in [6.45, 7) is 4.71. The van der Waals surface area contributed by atoms with Gasteiger partial charge in [0, 0.05) is 18.8 Å². The molecule has 2 rings (SSSR count). The lowest BCUT2D eigenvalue weighted by Crippen LogP contribution is -2.18. The SMILES string of the molecule is Cc1ccc(CN[C@H](C)c2cccc(F)c2)nc1. The first-order chi connectivity index (χ1) is 8.65. The van der Waals surface area contributed by atoms with E-state index < -0.39 is 0 Å². The third-order valence-electron chi connectivity index (χ3n) is 2.91. The molecule has 2 nitrogen and oxygen atoms in total. The van der Waals surface area contributed by atoms with Crippen molar-refractivity contribution in [2.45, 2.75) is 26.4 Å². The van der Waals surface area contributed by atoms with Gasteiger partial charge in [0.05, 0.1) is 5.69 Å². The summed E-state index contributed by atoms with van der Waals surface area (Å²) in [5.74, 6) is -0.199. The van der Waals surface area contributed by atoms with E-state index in [0.717, 1.165) is 16.8 Å². The minimum absolute atomic E-state index is 0.101. The molecule has 0 bridgehead atoms. The maximum atomic E-state index is 13.1. The lowest BCUT2D eigenvalue weighted by Gasteiger charge is -2.14. The number of nitrogens with zero attached hydrogens (tertiary/aromatic N) is 1. The number of rotatable bonds is 4. The van der Waals surface area contributed by atoms with Crippen LogP contribution in [0, 0.1) is 12.7 Å². The second-order valence-corrected chi connectivity index (χ2v) is 4.48. The van der Waals surface area contributed by atoms with Gasteiger partial charge in [0.1, 0.15) is 5.82 Å². The third-order valence-corrected chi connectivity index (χ3v) is 2.91. The summed E-state index contributed by atoms with van der Waals surface area (Å²) in [6.07, 6.45) is 1.85. The van der Waals surface area contributed by atoms with Gasteiger partial charge in [-0.25, -0.2) is 4.39 Å². The van der Waals surface area contributed by atoms with Crippen molar-refractivity contribution in [2.75, 3.05) is 0 Å². The minimum atomic E-state index is -0.199. The zero-order chi connectivity index (χ0) is 13.0. The average Bonchev–Trinajstić information content (AvgIpc) is 2.38. The molecule has 0 aliphatic heterocycles. The van der Waals surface area contributed by atoms with Crippen LogP contribution in [0.4, 0.5) is 4.39 Å². The number of benzene rings is 1. The van der Waals surface area contributed by atoms with Crippen molar-refractivity contribution < 1.29 is 4.39 Å². The molecule has 0 aliphatic carbocycles.